The molecule has 4 nitrogen and oxygen atoms in total. The van der Waals surface area contributed by atoms with Gasteiger partial charge in [-0.15, -0.1) is 0 Å². The molecule has 17 heavy (non-hydrogen) atoms. The minimum Gasteiger partial charge on any atom is -0.316 e. The molecule has 0 bridgehead atoms. The molecule has 0 aliphatic carbocycles. The number of likely N-dealkylation sites (tertiary alicyclic amines) is 1. The number of hydrogen-bond acceptors (Lipinski definition) is 4. The molecule has 1 fully saturated rings. The zero-order valence-electron chi connectivity index (χ0n) is 10.4. The van der Waals surface area contributed by atoms with Gasteiger partial charge in [-0.3, -0.25) is 14.4 Å². The van der Waals surface area contributed by atoms with Crippen LogP contribution in [0.2, 0.25) is 0 Å². The van der Waals surface area contributed by atoms with Crippen LogP contribution in [0.4, 0.5) is 0 Å². The van der Waals surface area contributed by atoms with Crippen LogP contribution in [0.15, 0.2) is 11.8 Å². The average molecular weight is 255 g/mol. The third-order valence-electron chi connectivity index (χ3n) is 2.57. The number of carbonyl (C=O) groups excluding carboxylic acids is 3. The molecule has 1 aliphatic rings. The van der Waals surface area contributed by atoms with Crippen LogP contribution in [0.5, 0.6) is 0 Å². The normalized spacial score (nSPS) is 20.9. The maximum atomic E-state index is 11.7. The van der Waals surface area contributed by atoms with Gasteiger partial charge in [-0.05, 0) is 19.8 Å². The van der Waals surface area contributed by atoms with Gasteiger partial charge >= 0.3 is 0 Å². The SMILES string of the molecule is CC(=O)C=C(C)N1CC(CSC(C)=O)CC1=O. The molecule has 0 spiro atoms. The van der Waals surface area contributed by atoms with Crippen molar-refractivity contribution in [3.63, 3.8) is 0 Å². The van der Waals surface area contributed by atoms with Crippen molar-refractivity contribution in [3.8, 4) is 0 Å². The van der Waals surface area contributed by atoms with Crippen molar-refractivity contribution in [2.24, 2.45) is 5.92 Å². The van der Waals surface area contributed by atoms with E-state index in [-0.39, 0.29) is 22.7 Å². The number of allylic oxidation sites excluding steroid dienone is 2. The predicted octanol–water partition coefficient (Wildman–Crippen LogP) is 1.61. The van der Waals surface area contributed by atoms with E-state index in [1.165, 1.54) is 31.7 Å². The summed E-state index contributed by atoms with van der Waals surface area (Å²) >= 11 is 1.25. The van der Waals surface area contributed by atoms with Crippen molar-refractivity contribution in [2.45, 2.75) is 27.2 Å². The summed E-state index contributed by atoms with van der Waals surface area (Å²) in [4.78, 5) is 35.2. The molecule has 1 saturated heterocycles. The van der Waals surface area contributed by atoms with E-state index in [9.17, 15) is 14.4 Å². The zero-order chi connectivity index (χ0) is 13.0. The summed E-state index contributed by atoms with van der Waals surface area (Å²) in [6, 6.07) is 0. The van der Waals surface area contributed by atoms with Gasteiger partial charge in [0.2, 0.25) is 5.91 Å². The summed E-state index contributed by atoms with van der Waals surface area (Å²) in [5.41, 5.74) is 0.692. The second kappa shape index (κ2) is 6.00. The fourth-order valence-electron chi connectivity index (χ4n) is 1.84. The van der Waals surface area contributed by atoms with Gasteiger partial charge in [0.25, 0.3) is 0 Å². The van der Waals surface area contributed by atoms with Gasteiger partial charge in [0.05, 0.1) is 0 Å². The van der Waals surface area contributed by atoms with E-state index in [2.05, 4.69) is 0 Å². The molecule has 1 amide bonds. The lowest BCUT2D eigenvalue weighted by molar-refractivity contribution is -0.126. The molecule has 1 heterocycles. The lowest BCUT2D eigenvalue weighted by atomic mass is 10.1. The Morgan fingerprint density at radius 2 is 2.06 bits per heavy atom. The van der Waals surface area contributed by atoms with Crippen LogP contribution in [-0.2, 0) is 14.4 Å². The van der Waals surface area contributed by atoms with Crippen molar-refractivity contribution in [2.75, 3.05) is 12.3 Å². The van der Waals surface area contributed by atoms with Crippen LogP contribution in [0.25, 0.3) is 0 Å². The largest absolute Gasteiger partial charge is 0.316 e. The number of carbonyl (C=O) groups is 3. The Morgan fingerprint density at radius 3 is 2.59 bits per heavy atom. The number of rotatable bonds is 4. The van der Waals surface area contributed by atoms with E-state index in [4.69, 9.17) is 0 Å². The van der Waals surface area contributed by atoms with Gasteiger partial charge in [0.1, 0.15) is 0 Å². The molecular weight excluding hydrogens is 238 g/mol. The topological polar surface area (TPSA) is 54.5 Å². The molecule has 0 aromatic heterocycles. The van der Waals surface area contributed by atoms with Crippen molar-refractivity contribution < 1.29 is 14.4 Å². The molecular formula is C12H17NO3S. The van der Waals surface area contributed by atoms with E-state index in [1.54, 1.807) is 11.8 Å². The van der Waals surface area contributed by atoms with Crippen molar-refractivity contribution >= 4 is 28.6 Å². The van der Waals surface area contributed by atoms with Gasteiger partial charge in [0, 0.05) is 37.4 Å². The van der Waals surface area contributed by atoms with Crippen LogP contribution in [0.3, 0.4) is 0 Å². The summed E-state index contributed by atoms with van der Waals surface area (Å²) in [5, 5.41) is 0.0758. The van der Waals surface area contributed by atoms with Crippen LogP contribution < -0.4 is 0 Å². The summed E-state index contributed by atoms with van der Waals surface area (Å²) in [5.74, 6) is 0.850. The lowest BCUT2D eigenvalue weighted by Gasteiger charge is -2.16. The van der Waals surface area contributed by atoms with Crippen LogP contribution in [0, 0.1) is 5.92 Å². The van der Waals surface area contributed by atoms with E-state index >= 15 is 0 Å². The van der Waals surface area contributed by atoms with Gasteiger partial charge in [-0.1, -0.05) is 11.8 Å². The number of thioether (sulfide) groups is 1. The van der Waals surface area contributed by atoms with E-state index in [1.807, 2.05) is 0 Å². The quantitative estimate of drug-likeness (QED) is 0.716. The van der Waals surface area contributed by atoms with E-state index < -0.39 is 0 Å². The van der Waals surface area contributed by atoms with Gasteiger partial charge in [-0.25, -0.2) is 0 Å². The Bertz CT molecular complexity index is 376. The second-order valence-corrected chi connectivity index (χ2v) is 5.47. The van der Waals surface area contributed by atoms with Gasteiger partial charge < -0.3 is 4.90 Å². The third kappa shape index (κ3) is 4.34. The summed E-state index contributed by atoms with van der Waals surface area (Å²) in [6.07, 6.45) is 1.93. The van der Waals surface area contributed by atoms with Crippen LogP contribution in [-0.4, -0.2) is 34.0 Å². The fourth-order valence-corrected chi connectivity index (χ4v) is 2.53. The third-order valence-corrected chi connectivity index (χ3v) is 3.61. The Labute approximate surface area is 105 Å². The van der Waals surface area contributed by atoms with E-state index in [0.717, 1.165) is 0 Å². The summed E-state index contributed by atoms with van der Waals surface area (Å²) < 4.78 is 0. The number of nitrogens with zero attached hydrogens (tertiary/aromatic N) is 1. The first kappa shape index (κ1) is 14.0. The maximum Gasteiger partial charge on any atom is 0.227 e. The second-order valence-electron chi connectivity index (χ2n) is 4.27. The first-order valence-electron chi connectivity index (χ1n) is 5.52. The van der Waals surface area contributed by atoms with Gasteiger partial charge in [0.15, 0.2) is 10.9 Å². The first-order valence-corrected chi connectivity index (χ1v) is 6.51. The Kier molecular flexibility index (Phi) is 4.93. The number of hydrogen-bond donors (Lipinski definition) is 0. The summed E-state index contributed by atoms with van der Waals surface area (Å²) in [6.45, 7) is 5.36. The van der Waals surface area contributed by atoms with E-state index in [0.29, 0.717) is 24.4 Å². The molecule has 0 radical (unpaired) electrons. The minimum atomic E-state index is -0.0585. The van der Waals surface area contributed by atoms with Crippen molar-refractivity contribution in [1.29, 1.82) is 0 Å². The summed E-state index contributed by atoms with van der Waals surface area (Å²) in [7, 11) is 0. The molecule has 94 valence electrons. The monoisotopic (exact) mass is 255 g/mol. The van der Waals surface area contributed by atoms with Crippen LogP contribution in [0.1, 0.15) is 27.2 Å². The maximum absolute atomic E-state index is 11.7. The Morgan fingerprint density at radius 1 is 1.41 bits per heavy atom. The smallest absolute Gasteiger partial charge is 0.227 e. The van der Waals surface area contributed by atoms with Gasteiger partial charge in [-0.2, -0.15) is 0 Å². The Balaban J connectivity index is 2.58. The minimum absolute atomic E-state index is 0.0363. The molecule has 0 saturated carbocycles. The highest BCUT2D eigenvalue weighted by Crippen LogP contribution is 2.25. The highest BCUT2D eigenvalue weighted by molar-refractivity contribution is 8.13. The number of ketones is 1. The van der Waals surface area contributed by atoms with Crippen LogP contribution >= 0.6 is 11.8 Å². The molecule has 1 atom stereocenters. The Hall–Kier alpha value is -1.10. The molecule has 1 rings (SSSR count). The molecule has 5 heteroatoms. The highest BCUT2D eigenvalue weighted by Gasteiger charge is 2.30. The highest BCUT2D eigenvalue weighted by atomic mass is 32.2. The lowest BCUT2D eigenvalue weighted by Crippen LogP contribution is -2.23. The zero-order valence-corrected chi connectivity index (χ0v) is 11.2. The fraction of sp³-hybridized carbons (Fsp3) is 0.583. The average Bonchev–Trinajstić information content (AvgIpc) is 2.55. The standard InChI is InChI=1S/C12H17NO3S/c1-8(4-9(2)14)13-6-11(5-12(13)16)7-17-10(3)15/h4,11H,5-7H2,1-3H3. The van der Waals surface area contributed by atoms with Crippen molar-refractivity contribution in [1.82, 2.24) is 4.90 Å². The molecule has 1 unspecified atom stereocenters. The molecule has 0 N–H and O–H groups in total. The first-order chi connectivity index (χ1) is 7.90. The molecule has 0 aromatic carbocycles. The predicted molar refractivity (Wildman–Crippen MR) is 67.4 cm³/mol. The molecule has 1 aliphatic heterocycles. The molecule has 0 aromatic rings. The number of amides is 1. The van der Waals surface area contributed by atoms with Crippen molar-refractivity contribution in [3.05, 3.63) is 11.8 Å².